The molecule has 1 fully saturated rings. The lowest BCUT2D eigenvalue weighted by Crippen LogP contribution is -2.32. The fraction of sp³-hybridized carbons (Fsp3) is 0.879. The second kappa shape index (κ2) is 25.5. The van der Waals surface area contributed by atoms with Crippen LogP contribution in [0.1, 0.15) is 168 Å². The molecule has 1 nitrogen and oxygen atoms in total. The highest BCUT2D eigenvalue weighted by molar-refractivity contribution is 4.92. The van der Waals surface area contributed by atoms with Crippen LogP contribution in [0.5, 0.6) is 0 Å². The molecule has 0 N–H and O–H groups in total. The number of likely N-dealkylation sites (tertiary alicyclic amines) is 1. The Morgan fingerprint density at radius 3 is 1.44 bits per heavy atom. The summed E-state index contributed by atoms with van der Waals surface area (Å²) in [5.41, 5.74) is 0. The van der Waals surface area contributed by atoms with Crippen LogP contribution in [0, 0.1) is 0 Å². The molecule has 0 bridgehead atoms. The summed E-state index contributed by atoms with van der Waals surface area (Å²) in [4.78, 5) is 2.84. The van der Waals surface area contributed by atoms with Crippen molar-refractivity contribution in [1.82, 2.24) is 4.90 Å². The number of hydrogen-bond donors (Lipinski definition) is 0. The lowest BCUT2D eigenvalue weighted by molar-refractivity contribution is 0.209. The van der Waals surface area contributed by atoms with E-state index < -0.39 is 0 Å². The van der Waals surface area contributed by atoms with Crippen molar-refractivity contribution in [3.8, 4) is 0 Å². The van der Waals surface area contributed by atoms with E-state index in [1.54, 1.807) is 0 Å². The third-order valence-electron chi connectivity index (χ3n) is 7.79. The predicted molar refractivity (Wildman–Crippen MR) is 156 cm³/mol. The minimum Gasteiger partial charge on any atom is -0.300 e. The SMILES string of the molecule is CCCCCC=CCC=CCCCCCCCCCC(CCCCCCCCC)N1CCCC1. The summed E-state index contributed by atoms with van der Waals surface area (Å²) in [6, 6.07) is 0.899. The maximum absolute atomic E-state index is 2.84. The lowest BCUT2D eigenvalue weighted by Gasteiger charge is -2.27. The molecule has 1 rings (SSSR count). The van der Waals surface area contributed by atoms with Gasteiger partial charge in [0.05, 0.1) is 0 Å². The summed E-state index contributed by atoms with van der Waals surface area (Å²) in [5.74, 6) is 0. The van der Waals surface area contributed by atoms with Crippen LogP contribution >= 0.6 is 0 Å². The molecule has 0 aliphatic carbocycles. The van der Waals surface area contributed by atoms with Gasteiger partial charge in [-0.25, -0.2) is 0 Å². The van der Waals surface area contributed by atoms with Crippen molar-refractivity contribution in [3.63, 3.8) is 0 Å². The molecule has 1 heterocycles. The molecule has 0 aromatic carbocycles. The first-order chi connectivity index (χ1) is 16.9. The van der Waals surface area contributed by atoms with Crippen LogP contribution in [-0.2, 0) is 0 Å². The zero-order valence-corrected chi connectivity index (χ0v) is 23.7. The van der Waals surface area contributed by atoms with Crippen LogP contribution in [0.2, 0.25) is 0 Å². The van der Waals surface area contributed by atoms with E-state index in [1.807, 2.05) is 0 Å². The van der Waals surface area contributed by atoms with E-state index >= 15 is 0 Å². The molecule has 1 saturated heterocycles. The molecule has 1 heteroatoms. The highest BCUT2D eigenvalue weighted by Crippen LogP contribution is 2.22. The summed E-state index contributed by atoms with van der Waals surface area (Å²) >= 11 is 0. The second-order valence-corrected chi connectivity index (χ2v) is 11.0. The van der Waals surface area contributed by atoms with Gasteiger partial charge >= 0.3 is 0 Å². The molecule has 0 radical (unpaired) electrons. The summed E-state index contributed by atoms with van der Waals surface area (Å²) < 4.78 is 0. The van der Waals surface area contributed by atoms with Gasteiger partial charge in [-0.05, 0) is 70.9 Å². The summed E-state index contributed by atoms with van der Waals surface area (Å²) in [5, 5.41) is 0. The number of unbranched alkanes of at least 4 members (excludes halogenated alkanes) is 16. The van der Waals surface area contributed by atoms with Crippen molar-refractivity contribution < 1.29 is 0 Å². The van der Waals surface area contributed by atoms with E-state index in [1.165, 1.54) is 161 Å². The minimum atomic E-state index is 0.899. The molecule has 0 amide bonds. The van der Waals surface area contributed by atoms with Crippen molar-refractivity contribution >= 4 is 0 Å². The molecular formula is C33H63N. The Bertz CT molecular complexity index is 445. The van der Waals surface area contributed by atoms with Crippen molar-refractivity contribution in [3.05, 3.63) is 24.3 Å². The van der Waals surface area contributed by atoms with E-state index in [0.717, 1.165) is 12.5 Å². The first kappa shape index (κ1) is 31.5. The zero-order valence-electron chi connectivity index (χ0n) is 23.7. The molecule has 34 heavy (non-hydrogen) atoms. The first-order valence-corrected chi connectivity index (χ1v) is 15.9. The highest BCUT2D eigenvalue weighted by atomic mass is 15.2. The van der Waals surface area contributed by atoms with Gasteiger partial charge in [0.15, 0.2) is 0 Å². The topological polar surface area (TPSA) is 3.24 Å². The van der Waals surface area contributed by atoms with Crippen LogP contribution in [0.4, 0.5) is 0 Å². The Labute approximate surface area is 216 Å². The van der Waals surface area contributed by atoms with Gasteiger partial charge < -0.3 is 4.90 Å². The molecule has 1 aliphatic heterocycles. The molecule has 0 aromatic rings. The Morgan fingerprint density at radius 2 is 0.912 bits per heavy atom. The monoisotopic (exact) mass is 473 g/mol. The van der Waals surface area contributed by atoms with E-state index in [-0.39, 0.29) is 0 Å². The summed E-state index contributed by atoms with van der Waals surface area (Å²) in [6.45, 7) is 7.35. The van der Waals surface area contributed by atoms with Gasteiger partial charge in [-0.3, -0.25) is 0 Å². The molecule has 1 atom stereocenters. The largest absolute Gasteiger partial charge is 0.300 e. The van der Waals surface area contributed by atoms with Gasteiger partial charge in [0, 0.05) is 6.04 Å². The lowest BCUT2D eigenvalue weighted by atomic mass is 9.98. The number of allylic oxidation sites excluding steroid dienone is 4. The molecule has 1 aliphatic rings. The Balaban J connectivity index is 1.95. The Morgan fingerprint density at radius 1 is 0.500 bits per heavy atom. The van der Waals surface area contributed by atoms with Crippen LogP contribution in [-0.4, -0.2) is 24.0 Å². The van der Waals surface area contributed by atoms with E-state index in [2.05, 4.69) is 43.1 Å². The van der Waals surface area contributed by atoms with Gasteiger partial charge in [-0.2, -0.15) is 0 Å². The molecule has 0 spiro atoms. The fourth-order valence-corrected chi connectivity index (χ4v) is 5.50. The summed E-state index contributed by atoms with van der Waals surface area (Å²) in [6.07, 6.45) is 43.2. The molecule has 1 unspecified atom stereocenters. The smallest absolute Gasteiger partial charge is 0.00952 e. The van der Waals surface area contributed by atoms with Gasteiger partial charge in [-0.15, -0.1) is 0 Å². The van der Waals surface area contributed by atoms with Crippen molar-refractivity contribution in [2.24, 2.45) is 0 Å². The molecule has 0 aromatic heterocycles. The highest BCUT2D eigenvalue weighted by Gasteiger charge is 2.20. The number of hydrogen-bond acceptors (Lipinski definition) is 1. The average molecular weight is 474 g/mol. The summed E-state index contributed by atoms with van der Waals surface area (Å²) in [7, 11) is 0. The van der Waals surface area contributed by atoms with Gasteiger partial charge in [0.25, 0.3) is 0 Å². The van der Waals surface area contributed by atoms with Gasteiger partial charge in [0.2, 0.25) is 0 Å². The van der Waals surface area contributed by atoms with Crippen molar-refractivity contribution in [1.29, 1.82) is 0 Å². The predicted octanol–water partition coefficient (Wildman–Crippen LogP) is 11.2. The standard InChI is InChI=1S/C33H63N/c1-3-5-7-9-11-12-13-14-15-16-17-18-19-20-22-24-26-30-33(34-31-27-28-32-34)29-25-23-21-10-8-6-4-2/h11-12,14-15,33H,3-10,13,16-32H2,1-2H3. The zero-order chi connectivity index (χ0) is 24.4. The van der Waals surface area contributed by atoms with Crippen LogP contribution < -0.4 is 0 Å². The first-order valence-electron chi connectivity index (χ1n) is 15.9. The Hall–Kier alpha value is -0.560. The third kappa shape index (κ3) is 19.7. The Kier molecular flexibility index (Phi) is 23.6. The minimum absolute atomic E-state index is 0.899. The van der Waals surface area contributed by atoms with E-state index in [0.29, 0.717) is 0 Å². The van der Waals surface area contributed by atoms with Crippen LogP contribution in [0.25, 0.3) is 0 Å². The normalized spacial score (nSPS) is 15.8. The van der Waals surface area contributed by atoms with Gasteiger partial charge in [0.1, 0.15) is 0 Å². The fourth-order valence-electron chi connectivity index (χ4n) is 5.50. The number of rotatable bonds is 25. The van der Waals surface area contributed by atoms with E-state index in [9.17, 15) is 0 Å². The number of nitrogens with zero attached hydrogens (tertiary/aromatic N) is 1. The van der Waals surface area contributed by atoms with Gasteiger partial charge in [-0.1, -0.05) is 134 Å². The van der Waals surface area contributed by atoms with Crippen molar-refractivity contribution in [2.45, 2.75) is 174 Å². The second-order valence-electron chi connectivity index (χ2n) is 11.0. The maximum Gasteiger partial charge on any atom is 0.00952 e. The quantitative estimate of drug-likeness (QED) is 0.0941. The van der Waals surface area contributed by atoms with Crippen LogP contribution in [0.15, 0.2) is 24.3 Å². The van der Waals surface area contributed by atoms with E-state index in [4.69, 9.17) is 0 Å². The average Bonchev–Trinajstić information content (AvgIpc) is 3.39. The van der Waals surface area contributed by atoms with Crippen molar-refractivity contribution in [2.75, 3.05) is 13.1 Å². The molecule has 0 saturated carbocycles. The van der Waals surface area contributed by atoms with Crippen LogP contribution in [0.3, 0.4) is 0 Å². The molecule has 200 valence electrons. The third-order valence-corrected chi connectivity index (χ3v) is 7.79. The maximum atomic E-state index is 2.84. The molecular weight excluding hydrogens is 410 g/mol.